The van der Waals surface area contributed by atoms with E-state index >= 15 is 0 Å². The molecule has 0 unspecified atom stereocenters. The number of carbonyl (C=O) groups excluding carboxylic acids is 1. The Kier molecular flexibility index (Phi) is 6.03. The Hall–Kier alpha value is -1.35. The van der Waals surface area contributed by atoms with Crippen molar-refractivity contribution in [3.63, 3.8) is 0 Å². The van der Waals surface area contributed by atoms with E-state index in [1.54, 1.807) is 0 Å². The maximum atomic E-state index is 12.5. The molecule has 0 spiro atoms. The standard InChI is InChI=1S/C16H26N2O/c1-5-6-10-13-17-15(19)16(2,18(3)4)14-11-8-7-9-12-14/h7-9,11-12H,5-6,10,13H2,1-4H3,(H,17,19)/t16-/m1/s1. The van der Waals surface area contributed by atoms with Crippen molar-refractivity contribution in [3.8, 4) is 0 Å². The van der Waals surface area contributed by atoms with Crippen molar-refractivity contribution in [2.45, 2.75) is 38.6 Å². The first kappa shape index (κ1) is 15.7. The molecule has 19 heavy (non-hydrogen) atoms. The van der Waals surface area contributed by atoms with Crippen LogP contribution in [0.5, 0.6) is 0 Å². The molecule has 0 bridgehead atoms. The Bertz CT molecular complexity index is 389. The van der Waals surface area contributed by atoms with E-state index in [1.807, 2.05) is 56.3 Å². The van der Waals surface area contributed by atoms with E-state index in [-0.39, 0.29) is 5.91 Å². The summed E-state index contributed by atoms with van der Waals surface area (Å²) in [6, 6.07) is 9.93. The van der Waals surface area contributed by atoms with Gasteiger partial charge >= 0.3 is 0 Å². The monoisotopic (exact) mass is 262 g/mol. The molecule has 0 fully saturated rings. The quantitative estimate of drug-likeness (QED) is 0.766. The molecule has 106 valence electrons. The molecule has 0 aromatic heterocycles. The number of hydrogen-bond acceptors (Lipinski definition) is 2. The SMILES string of the molecule is CCCCCNC(=O)[C@@](C)(c1ccccc1)N(C)C. The molecular weight excluding hydrogens is 236 g/mol. The molecule has 0 aliphatic carbocycles. The average molecular weight is 262 g/mol. The topological polar surface area (TPSA) is 32.3 Å². The summed E-state index contributed by atoms with van der Waals surface area (Å²) in [5.41, 5.74) is 0.404. The third-order valence-corrected chi connectivity index (χ3v) is 3.74. The van der Waals surface area contributed by atoms with E-state index in [2.05, 4.69) is 12.2 Å². The second-order valence-corrected chi connectivity index (χ2v) is 5.30. The second-order valence-electron chi connectivity index (χ2n) is 5.30. The van der Waals surface area contributed by atoms with Crippen LogP contribution in [-0.4, -0.2) is 31.4 Å². The van der Waals surface area contributed by atoms with Gasteiger partial charge in [-0.15, -0.1) is 0 Å². The third kappa shape index (κ3) is 3.80. The first-order valence-electron chi connectivity index (χ1n) is 7.04. The first-order valence-corrected chi connectivity index (χ1v) is 7.04. The highest BCUT2D eigenvalue weighted by molar-refractivity contribution is 5.87. The van der Waals surface area contributed by atoms with Crippen molar-refractivity contribution in [1.82, 2.24) is 10.2 Å². The van der Waals surface area contributed by atoms with Crippen molar-refractivity contribution >= 4 is 5.91 Å². The molecule has 3 nitrogen and oxygen atoms in total. The van der Waals surface area contributed by atoms with Crippen LogP contribution in [0.2, 0.25) is 0 Å². The molecular formula is C16H26N2O. The smallest absolute Gasteiger partial charge is 0.244 e. The summed E-state index contributed by atoms with van der Waals surface area (Å²) < 4.78 is 0. The summed E-state index contributed by atoms with van der Waals surface area (Å²) >= 11 is 0. The van der Waals surface area contributed by atoms with Crippen LogP contribution in [0, 0.1) is 0 Å². The molecule has 0 saturated heterocycles. The zero-order chi connectivity index (χ0) is 14.3. The van der Waals surface area contributed by atoms with Gasteiger partial charge in [0.2, 0.25) is 5.91 Å². The molecule has 1 N–H and O–H groups in total. The van der Waals surface area contributed by atoms with Gasteiger partial charge in [0.1, 0.15) is 5.54 Å². The van der Waals surface area contributed by atoms with Crippen molar-refractivity contribution in [2.24, 2.45) is 0 Å². The first-order chi connectivity index (χ1) is 9.03. The molecule has 3 heteroatoms. The predicted octanol–water partition coefficient (Wildman–Crippen LogP) is 2.77. The summed E-state index contributed by atoms with van der Waals surface area (Å²) in [4.78, 5) is 14.5. The van der Waals surface area contributed by atoms with Gasteiger partial charge in [-0.2, -0.15) is 0 Å². The Morgan fingerprint density at radius 1 is 1.21 bits per heavy atom. The van der Waals surface area contributed by atoms with Gasteiger partial charge < -0.3 is 5.32 Å². The van der Waals surface area contributed by atoms with Gasteiger partial charge in [0.15, 0.2) is 0 Å². The molecule has 1 rings (SSSR count). The summed E-state index contributed by atoms with van der Waals surface area (Å²) in [7, 11) is 3.89. The molecule has 1 atom stereocenters. The van der Waals surface area contributed by atoms with Gasteiger partial charge in [0.05, 0.1) is 0 Å². The fourth-order valence-electron chi connectivity index (χ4n) is 2.10. The van der Waals surface area contributed by atoms with Gasteiger partial charge in [0, 0.05) is 6.54 Å². The van der Waals surface area contributed by atoms with Gasteiger partial charge in [-0.1, -0.05) is 50.1 Å². The minimum absolute atomic E-state index is 0.0693. The molecule has 1 amide bonds. The maximum absolute atomic E-state index is 12.5. The number of amides is 1. The number of carbonyl (C=O) groups is 1. The lowest BCUT2D eigenvalue weighted by Crippen LogP contribution is -2.51. The van der Waals surface area contributed by atoms with E-state index in [0.717, 1.165) is 24.9 Å². The van der Waals surface area contributed by atoms with Gasteiger partial charge in [-0.3, -0.25) is 9.69 Å². The van der Waals surface area contributed by atoms with E-state index in [1.165, 1.54) is 6.42 Å². The second kappa shape index (κ2) is 7.29. The zero-order valence-corrected chi connectivity index (χ0v) is 12.6. The zero-order valence-electron chi connectivity index (χ0n) is 12.6. The Balaban J connectivity index is 2.79. The van der Waals surface area contributed by atoms with Crippen LogP contribution in [0.4, 0.5) is 0 Å². The average Bonchev–Trinajstić information content (AvgIpc) is 2.43. The summed E-state index contributed by atoms with van der Waals surface area (Å²) in [6.07, 6.45) is 3.37. The lowest BCUT2D eigenvalue weighted by atomic mass is 9.89. The highest BCUT2D eigenvalue weighted by atomic mass is 16.2. The minimum atomic E-state index is -0.618. The van der Waals surface area contributed by atoms with Crippen LogP contribution in [-0.2, 0) is 10.3 Å². The predicted molar refractivity (Wildman–Crippen MR) is 80.0 cm³/mol. The number of rotatable bonds is 7. The normalized spacial score (nSPS) is 14.2. The number of hydrogen-bond donors (Lipinski definition) is 1. The Morgan fingerprint density at radius 3 is 2.37 bits per heavy atom. The molecule has 0 aliphatic heterocycles. The van der Waals surface area contributed by atoms with Crippen molar-refractivity contribution in [1.29, 1.82) is 0 Å². The summed E-state index contributed by atoms with van der Waals surface area (Å²) in [5.74, 6) is 0.0693. The van der Waals surface area contributed by atoms with Gasteiger partial charge in [-0.05, 0) is 33.0 Å². The van der Waals surface area contributed by atoms with Crippen LogP contribution in [0.3, 0.4) is 0 Å². The fourth-order valence-corrected chi connectivity index (χ4v) is 2.10. The van der Waals surface area contributed by atoms with Crippen LogP contribution in [0.25, 0.3) is 0 Å². The fraction of sp³-hybridized carbons (Fsp3) is 0.562. The van der Waals surface area contributed by atoms with Crippen LogP contribution >= 0.6 is 0 Å². The van der Waals surface area contributed by atoms with Crippen LogP contribution in [0.15, 0.2) is 30.3 Å². The minimum Gasteiger partial charge on any atom is -0.354 e. The lowest BCUT2D eigenvalue weighted by molar-refractivity contribution is -0.131. The third-order valence-electron chi connectivity index (χ3n) is 3.74. The highest BCUT2D eigenvalue weighted by Gasteiger charge is 2.36. The van der Waals surface area contributed by atoms with Crippen molar-refractivity contribution in [2.75, 3.05) is 20.6 Å². The lowest BCUT2D eigenvalue weighted by Gasteiger charge is -2.35. The molecule has 0 saturated carbocycles. The summed E-state index contributed by atoms with van der Waals surface area (Å²) in [5, 5.41) is 3.06. The van der Waals surface area contributed by atoms with Crippen LogP contribution in [0.1, 0.15) is 38.7 Å². The number of nitrogens with one attached hydrogen (secondary N) is 1. The maximum Gasteiger partial charge on any atom is 0.244 e. The summed E-state index contributed by atoms with van der Waals surface area (Å²) in [6.45, 7) is 4.89. The number of benzene rings is 1. The number of nitrogens with zero attached hydrogens (tertiary/aromatic N) is 1. The Labute approximate surface area is 117 Å². The molecule has 0 aliphatic rings. The number of unbranched alkanes of at least 4 members (excludes halogenated alkanes) is 2. The number of likely N-dealkylation sites (N-methyl/N-ethyl adjacent to an activating group) is 1. The van der Waals surface area contributed by atoms with Crippen molar-refractivity contribution in [3.05, 3.63) is 35.9 Å². The van der Waals surface area contributed by atoms with Crippen LogP contribution < -0.4 is 5.32 Å². The molecule has 1 aromatic rings. The molecule has 0 radical (unpaired) electrons. The van der Waals surface area contributed by atoms with E-state index in [9.17, 15) is 4.79 Å². The molecule has 1 aromatic carbocycles. The largest absolute Gasteiger partial charge is 0.354 e. The van der Waals surface area contributed by atoms with Gasteiger partial charge in [-0.25, -0.2) is 0 Å². The van der Waals surface area contributed by atoms with E-state index < -0.39 is 5.54 Å². The highest BCUT2D eigenvalue weighted by Crippen LogP contribution is 2.26. The van der Waals surface area contributed by atoms with E-state index in [4.69, 9.17) is 0 Å². The van der Waals surface area contributed by atoms with Gasteiger partial charge in [0.25, 0.3) is 0 Å². The van der Waals surface area contributed by atoms with E-state index in [0.29, 0.717) is 0 Å². The van der Waals surface area contributed by atoms with Crippen molar-refractivity contribution < 1.29 is 4.79 Å². The molecule has 0 heterocycles. The Morgan fingerprint density at radius 2 is 1.84 bits per heavy atom.